The number of ether oxygens (including phenoxy) is 1. The summed E-state index contributed by atoms with van der Waals surface area (Å²) in [5.74, 6) is 0. The number of hydrogen-bond acceptors (Lipinski definition) is 3. The van der Waals surface area contributed by atoms with Gasteiger partial charge in [-0.2, -0.15) is 0 Å². The van der Waals surface area contributed by atoms with Gasteiger partial charge in [0.25, 0.3) is 0 Å². The highest BCUT2D eigenvalue weighted by molar-refractivity contribution is 5.85. The molecule has 0 bridgehead atoms. The van der Waals surface area contributed by atoms with Crippen LogP contribution in [0, 0.1) is 0 Å². The number of aliphatic hydroxyl groups is 1. The molecule has 2 aromatic carbocycles. The van der Waals surface area contributed by atoms with Crippen LogP contribution < -0.4 is 5.32 Å². The third-order valence-corrected chi connectivity index (χ3v) is 4.36. The zero-order chi connectivity index (χ0) is 17.4. The topological polar surface area (TPSA) is 41.5 Å². The van der Waals surface area contributed by atoms with Crippen LogP contribution in [0.15, 0.2) is 54.6 Å². The Kier molecular flexibility index (Phi) is 9.76. The number of aryl methyl sites for hydroxylation is 1. The first-order chi connectivity index (χ1) is 11.6. The van der Waals surface area contributed by atoms with E-state index in [9.17, 15) is 5.11 Å². The second kappa shape index (κ2) is 11.3. The molecule has 3 nitrogen and oxygen atoms in total. The lowest BCUT2D eigenvalue weighted by atomic mass is 10.0. The number of benzene rings is 2. The predicted molar refractivity (Wildman–Crippen MR) is 106 cm³/mol. The van der Waals surface area contributed by atoms with Crippen LogP contribution in [0.4, 0.5) is 0 Å². The summed E-state index contributed by atoms with van der Waals surface area (Å²) in [5.41, 5.74) is 3.70. The summed E-state index contributed by atoms with van der Waals surface area (Å²) in [6, 6.07) is 18.9. The van der Waals surface area contributed by atoms with Crippen molar-refractivity contribution >= 4 is 12.4 Å². The molecular weight excluding hydrogens is 334 g/mol. The maximum Gasteiger partial charge on any atom is 0.0898 e. The predicted octanol–water partition coefficient (Wildman–Crippen LogP) is 4.46. The van der Waals surface area contributed by atoms with Crippen molar-refractivity contribution in [3.63, 3.8) is 0 Å². The van der Waals surface area contributed by atoms with Crippen molar-refractivity contribution < 1.29 is 9.84 Å². The molecule has 25 heavy (non-hydrogen) atoms. The Balaban J connectivity index is 0.00000312. The average Bonchev–Trinajstić information content (AvgIpc) is 2.64. The molecule has 138 valence electrons. The SMILES string of the molecule is CCc1ccc(C(C)NCC(O)COC(C)c2ccccc2)cc1.Cl. The Morgan fingerprint density at radius 3 is 2.20 bits per heavy atom. The molecule has 0 aliphatic rings. The van der Waals surface area contributed by atoms with Gasteiger partial charge in [0.1, 0.15) is 0 Å². The van der Waals surface area contributed by atoms with Crippen molar-refractivity contribution in [3.05, 3.63) is 71.3 Å². The lowest BCUT2D eigenvalue weighted by Crippen LogP contribution is -2.32. The molecule has 2 N–H and O–H groups in total. The molecule has 0 aliphatic heterocycles. The average molecular weight is 364 g/mol. The summed E-state index contributed by atoms with van der Waals surface area (Å²) < 4.78 is 5.77. The van der Waals surface area contributed by atoms with Crippen LogP contribution in [0.5, 0.6) is 0 Å². The van der Waals surface area contributed by atoms with E-state index in [2.05, 4.69) is 43.4 Å². The van der Waals surface area contributed by atoms with Gasteiger partial charge in [-0.25, -0.2) is 0 Å². The van der Waals surface area contributed by atoms with E-state index in [-0.39, 0.29) is 24.6 Å². The summed E-state index contributed by atoms with van der Waals surface area (Å²) in [5, 5.41) is 13.5. The van der Waals surface area contributed by atoms with E-state index in [4.69, 9.17) is 4.74 Å². The summed E-state index contributed by atoms with van der Waals surface area (Å²) in [6.07, 6.45) is 0.519. The summed E-state index contributed by atoms with van der Waals surface area (Å²) >= 11 is 0. The number of rotatable bonds is 9. The first-order valence-electron chi connectivity index (χ1n) is 8.77. The maximum atomic E-state index is 10.1. The van der Waals surface area contributed by atoms with E-state index in [0.717, 1.165) is 12.0 Å². The normalized spacial score (nSPS) is 14.4. The highest BCUT2D eigenvalue weighted by Crippen LogP contribution is 2.16. The molecule has 0 saturated heterocycles. The van der Waals surface area contributed by atoms with Crippen LogP contribution in [-0.4, -0.2) is 24.4 Å². The van der Waals surface area contributed by atoms with Crippen molar-refractivity contribution in [2.45, 2.75) is 45.4 Å². The van der Waals surface area contributed by atoms with Gasteiger partial charge in [0.15, 0.2) is 0 Å². The fourth-order valence-corrected chi connectivity index (χ4v) is 2.61. The highest BCUT2D eigenvalue weighted by Gasteiger charge is 2.12. The quantitative estimate of drug-likeness (QED) is 0.691. The summed E-state index contributed by atoms with van der Waals surface area (Å²) in [7, 11) is 0. The van der Waals surface area contributed by atoms with Crippen molar-refractivity contribution in [1.82, 2.24) is 5.32 Å². The Hall–Kier alpha value is -1.39. The Bertz CT molecular complexity index is 589. The van der Waals surface area contributed by atoms with Gasteiger partial charge in [0, 0.05) is 12.6 Å². The second-order valence-electron chi connectivity index (χ2n) is 6.27. The van der Waals surface area contributed by atoms with Crippen LogP contribution in [0.2, 0.25) is 0 Å². The Morgan fingerprint density at radius 1 is 0.960 bits per heavy atom. The molecule has 3 atom stereocenters. The molecule has 0 radical (unpaired) electrons. The smallest absolute Gasteiger partial charge is 0.0898 e. The molecule has 4 heteroatoms. The van der Waals surface area contributed by atoms with Gasteiger partial charge >= 0.3 is 0 Å². The fourth-order valence-electron chi connectivity index (χ4n) is 2.61. The Labute approximate surface area is 157 Å². The van der Waals surface area contributed by atoms with Gasteiger partial charge in [0.2, 0.25) is 0 Å². The molecule has 2 aromatic rings. The zero-order valence-corrected chi connectivity index (χ0v) is 16.1. The van der Waals surface area contributed by atoms with E-state index in [1.54, 1.807) is 0 Å². The largest absolute Gasteiger partial charge is 0.389 e. The second-order valence-corrected chi connectivity index (χ2v) is 6.27. The molecule has 0 spiro atoms. The molecule has 0 fully saturated rings. The fraction of sp³-hybridized carbons (Fsp3) is 0.429. The number of nitrogens with one attached hydrogen (secondary N) is 1. The lowest BCUT2D eigenvalue weighted by molar-refractivity contribution is -0.00276. The van der Waals surface area contributed by atoms with Gasteiger partial charge in [-0.15, -0.1) is 12.4 Å². The van der Waals surface area contributed by atoms with Crippen molar-refractivity contribution in [3.8, 4) is 0 Å². The van der Waals surface area contributed by atoms with Gasteiger partial charge in [-0.05, 0) is 37.0 Å². The first-order valence-corrected chi connectivity index (χ1v) is 8.77. The molecule has 2 rings (SSSR count). The van der Waals surface area contributed by atoms with E-state index in [0.29, 0.717) is 13.2 Å². The molecule has 0 amide bonds. The molecule has 0 heterocycles. The van der Waals surface area contributed by atoms with Gasteiger partial charge in [-0.1, -0.05) is 61.5 Å². The molecular formula is C21H30ClNO2. The van der Waals surface area contributed by atoms with Crippen LogP contribution in [-0.2, 0) is 11.2 Å². The van der Waals surface area contributed by atoms with Crippen molar-refractivity contribution in [1.29, 1.82) is 0 Å². The maximum absolute atomic E-state index is 10.1. The molecule has 3 unspecified atom stereocenters. The Morgan fingerprint density at radius 2 is 1.60 bits per heavy atom. The number of hydrogen-bond donors (Lipinski definition) is 2. The monoisotopic (exact) mass is 363 g/mol. The van der Waals surface area contributed by atoms with Crippen LogP contribution in [0.3, 0.4) is 0 Å². The molecule has 0 aliphatic carbocycles. The minimum Gasteiger partial charge on any atom is -0.389 e. The van der Waals surface area contributed by atoms with E-state index >= 15 is 0 Å². The minimum absolute atomic E-state index is 0. The first kappa shape index (κ1) is 21.7. The van der Waals surface area contributed by atoms with Gasteiger partial charge in [0.05, 0.1) is 18.8 Å². The zero-order valence-electron chi connectivity index (χ0n) is 15.3. The minimum atomic E-state index is -0.520. The molecule has 0 saturated carbocycles. The van der Waals surface area contributed by atoms with Crippen LogP contribution in [0.1, 0.15) is 49.6 Å². The highest BCUT2D eigenvalue weighted by atomic mass is 35.5. The standard InChI is InChI=1S/C21H29NO2.ClH/c1-4-18-10-12-19(13-11-18)16(2)22-14-21(23)15-24-17(3)20-8-6-5-7-9-20;/h5-13,16-17,21-23H,4,14-15H2,1-3H3;1H. The van der Waals surface area contributed by atoms with Crippen LogP contribution >= 0.6 is 12.4 Å². The van der Waals surface area contributed by atoms with Gasteiger partial charge in [-0.3, -0.25) is 0 Å². The lowest BCUT2D eigenvalue weighted by Gasteiger charge is -2.20. The van der Waals surface area contributed by atoms with E-state index in [1.165, 1.54) is 11.1 Å². The van der Waals surface area contributed by atoms with E-state index in [1.807, 2.05) is 37.3 Å². The summed E-state index contributed by atoms with van der Waals surface area (Å²) in [6.45, 7) is 7.11. The third-order valence-electron chi connectivity index (χ3n) is 4.36. The van der Waals surface area contributed by atoms with Crippen molar-refractivity contribution in [2.24, 2.45) is 0 Å². The number of aliphatic hydroxyl groups excluding tert-OH is 1. The van der Waals surface area contributed by atoms with Crippen molar-refractivity contribution in [2.75, 3.05) is 13.2 Å². The van der Waals surface area contributed by atoms with Gasteiger partial charge < -0.3 is 15.2 Å². The molecule has 0 aromatic heterocycles. The third kappa shape index (κ3) is 7.17. The summed E-state index contributed by atoms with van der Waals surface area (Å²) in [4.78, 5) is 0. The number of halogens is 1. The van der Waals surface area contributed by atoms with Crippen LogP contribution in [0.25, 0.3) is 0 Å². The van der Waals surface area contributed by atoms with E-state index < -0.39 is 6.10 Å².